The minimum Gasteiger partial charge on any atom is -0.510 e. The van der Waals surface area contributed by atoms with Crippen LogP contribution < -0.4 is 27.0 Å². The maximum absolute atomic E-state index is 13.3. The van der Waals surface area contributed by atoms with Crippen LogP contribution in [-0.4, -0.2) is 28.5 Å². The van der Waals surface area contributed by atoms with Crippen molar-refractivity contribution in [3.05, 3.63) is 154 Å². The van der Waals surface area contributed by atoms with Gasteiger partial charge in [-0.2, -0.15) is 5.10 Å². The summed E-state index contributed by atoms with van der Waals surface area (Å²) in [6.45, 7) is 6.20. The van der Waals surface area contributed by atoms with Gasteiger partial charge in [-0.1, -0.05) is 87.8 Å². The van der Waals surface area contributed by atoms with Gasteiger partial charge in [0.05, 0.1) is 38.7 Å². The summed E-state index contributed by atoms with van der Waals surface area (Å²) in [4.78, 5) is 49.8. The summed E-state index contributed by atoms with van der Waals surface area (Å²) in [6, 6.07) is 22.7. The van der Waals surface area contributed by atoms with E-state index < -0.39 is 29.1 Å². The molecule has 0 aliphatic heterocycles. The molecule has 0 spiro atoms. The molecule has 0 saturated heterocycles. The minimum absolute atomic E-state index is 0.0409. The van der Waals surface area contributed by atoms with E-state index in [9.17, 15) is 19.5 Å². The van der Waals surface area contributed by atoms with Crippen molar-refractivity contribution in [3.8, 4) is 0 Å². The standard InChI is InChI=1S/C42H36Cl6N8O6/c1-21-5-9-28(43)16-34(21)49-41(59)26-8-12-31(46)38(15-26)51-53-39(23(3)57)42(60)50-36-18-32(47)27(14-33(36)48)20-62-56-40(24(4)58)54-52-37-13-25(7-11-30(37)45)19-61-55-35-17-29(44)10-6-22(35)2/h5-18,52,55,57H,19-20H2,1-4H3,(H,49,59)(H,50,60)(H,54,56)/b39-23-,53-51?. The van der Waals surface area contributed by atoms with Gasteiger partial charge in [0.25, 0.3) is 11.8 Å². The first-order valence-corrected chi connectivity index (χ1v) is 20.4. The highest BCUT2D eigenvalue weighted by atomic mass is 35.5. The molecule has 322 valence electrons. The predicted octanol–water partition coefficient (Wildman–Crippen LogP) is 12.6. The number of rotatable bonds is 16. The highest BCUT2D eigenvalue weighted by Gasteiger charge is 2.18. The van der Waals surface area contributed by atoms with Crippen LogP contribution in [0, 0.1) is 13.8 Å². The number of amidine groups is 1. The summed E-state index contributed by atoms with van der Waals surface area (Å²) in [5.74, 6) is -2.51. The van der Waals surface area contributed by atoms with E-state index >= 15 is 0 Å². The van der Waals surface area contributed by atoms with Gasteiger partial charge in [0.2, 0.25) is 5.84 Å². The van der Waals surface area contributed by atoms with Crippen molar-refractivity contribution < 1.29 is 29.2 Å². The number of aliphatic hydroxyl groups excluding tert-OH is 1. The van der Waals surface area contributed by atoms with E-state index in [1.165, 1.54) is 44.2 Å². The van der Waals surface area contributed by atoms with Crippen molar-refractivity contribution in [2.24, 2.45) is 15.3 Å². The molecule has 0 atom stereocenters. The van der Waals surface area contributed by atoms with Crippen LogP contribution in [0.5, 0.6) is 0 Å². The SMILES string of the molecule is CC(=O)/C(=N\Nc1cc(CONc2cc(Cl)ccc2C)ccc1Cl)NOCc1cc(Cl)c(NC(=O)/C(N=Nc2cc(C(=O)Nc3cc(Cl)ccc3C)ccc2Cl)=C(\C)O)cc1Cl. The Labute approximate surface area is 386 Å². The number of aryl methyl sites for hydroxylation is 2. The Bertz CT molecular complexity index is 2620. The quantitative estimate of drug-likeness (QED) is 0.0140. The second kappa shape index (κ2) is 22.1. The molecule has 0 aliphatic rings. The normalized spacial score (nSPS) is 11.9. The summed E-state index contributed by atoms with van der Waals surface area (Å²) in [5.41, 5.74) is 12.4. The van der Waals surface area contributed by atoms with Gasteiger partial charge in [-0.25, -0.2) is 5.48 Å². The number of ketones is 1. The average Bonchev–Trinajstić information content (AvgIpc) is 3.21. The van der Waals surface area contributed by atoms with Gasteiger partial charge in [-0.05, 0) is 104 Å². The number of carbonyl (C=O) groups excluding carboxylic acids is 3. The number of benzene rings is 5. The summed E-state index contributed by atoms with van der Waals surface area (Å²) in [5, 5.41) is 29.3. The molecular weight excluding hydrogens is 925 g/mol. The van der Waals surface area contributed by atoms with E-state index in [1.807, 2.05) is 19.9 Å². The lowest BCUT2D eigenvalue weighted by atomic mass is 10.1. The number of Topliss-reactive ketones (excluding diaryl/α,β-unsaturated/α-hetero) is 1. The highest BCUT2D eigenvalue weighted by Crippen LogP contribution is 2.32. The van der Waals surface area contributed by atoms with E-state index in [2.05, 4.69) is 42.3 Å². The summed E-state index contributed by atoms with van der Waals surface area (Å²) < 4.78 is 0. The van der Waals surface area contributed by atoms with Gasteiger partial charge in [0, 0.05) is 38.8 Å². The monoisotopic (exact) mass is 958 g/mol. The lowest BCUT2D eigenvalue weighted by Crippen LogP contribution is -2.30. The molecule has 0 heterocycles. The van der Waals surface area contributed by atoms with Crippen LogP contribution in [0.1, 0.15) is 46.5 Å². The Morgan fingerprint density at radius 1 is 0.661 bits per heavy atom. The topological polar surface area (TPSA) is 187 Å². The molecule has 5 rings (SSSR count). The van der Waals surface area contributed by atoms with Gasteiger partial charge >= 0.3 is 0 Å². The smallest absolute Gasteiger partial charge is 0.279 e. The molecule has 20 heteroatoms. The van der Waals surface area contributed by atoms with E-state index in [0.29, 0.717) is 32.0 Å². The first-order valence-electron chi connectivity index (χ1n) is 18.1. The number of hydrazone groups is 1. The average molecular weight is 962 g/mol. The van der Waals surface area contributed by atoms with Gasteiger partial charge in [0.1, 0.15) is 18.1 Å². The van der Waals surface area contributed by atoms with Crippen LogP contribution in [-0.2, 0) is 32.5 Å². The number of nitrogens with one attached hydrogen (secondary N) is 5. The predicted molar refractivity (Wildman–Crippen MR) is 246 cm³/mol. The molecule has 14 nitrogen and oxygen atoms in total. The molecule has 0 saturated carbocycles. The molecule has 0 fully saturated rings. The molecule has 0 unspecified atom stereocenters. The van der Waals surface area contributed by atoms with Crippen molar-refractivity contribution in [3.63, 3.8) is 0 Å². The summed E-state index contributed by atoms with van der Waals surface area (Å²) in [6.07, 6.45) is 0. The number of hydrogen-bond acceptors (Lipinski definition) is 11. The van der Waals surface area contributed by atoms with Gasteiger partial charge in [-0.3, -0.25) is 35.0 Å². The van der Waals surface area contributed by atoms with Crippen molar-refractivity contribution in [2.75, 3.05) is 21.5 Å². The summed E-state index contributed by atoms with van der Waals surface area (Å²) in [7, 11) is 0. The zero-order valence-electron chi connectivity index (χ0n) is 33.1. The zero-order chi connectivity index (χ0) is 45.1. The fourth-order valence-corrected chi connectivity index (χ4v) is 6.25. The Hall–Kier alpha value is -5.42. The third-order valence-corrected chi connectivity index (χ3v) is 10.3. The number of amides is 2. The van der Waals surface area contributed by atoms with Crippen LogP contribution >= 0.6 is 69.6 Å². The number of azo groups is 1. The van der Waals surface area contributed by atoms with Crippen LogP contribution in [0.3, 0.4) is 0 Å². The second-order valence-electron chi connectivity index (χ2n) is 13.3. The van der Waals surface area contributed by atoms with Crippen molar-refractivity contribution in [1.29, 1.82) is 0 Å². The van der Waals surface area contributed by atoms with Gasteiger partial charge in [0.15, 0.2) is 11.5 Å². The van der Waals surface area contributed by atoms with Crippen LogP contribution in [0.25, 0.3) is 0 Å². The number of allylic oxidation sites excluding steroid dienone is 1. The van der Waals surface area contributed by atoms with E-state index in [0.717, 1.165) is 22.4 Å². The van der Waals surface area contributed by atoms with E-state index in [4.69, 9.17) is 79.3 Å². The van der Waals surface area contributed by atoms with Crippen LogP contribution in [0.2, 0.25) is 30.1 Å². The van der Waals surface area contributed by atoms with Crippen molar-refractivity contribution in [1.82, 2.24) is 5.48 Å². The molecule has 2 amide bonds. The van der Waals surface area contributed by atoms with Crippen LogP contribution in [0.4, 0.5) is 28.4 Å². The Balaban J connectivity index is 1.19. The molecular formula is C42H36Cl6N8O6. The maximum atomic E-state index is 13.3. The number of nitrogens with zero attached hydrogens (tertiary/aromatic N) is 3. The maximum Gasteiger partial charge on any atom is 0.279 e. The van der Waals surface area contributed by atoms with Crippen LogP contribution in [0.15, 0.2) is 112 Å². The van der Waals surface area contributed by atoms with Crippen molar-refractivity contribution >= 4 is 121 Å². The Morgan fingerprint density at radius 3 is 2.03 bits per heavy atom. The van der Waals surface area contributed by atoms with E-state index in [-0.39, 0.29) is 51.1 Å². The van der Waals surface area contributed by atoms with Crippen molar-refractivity contribution in [2.45, 2.75) is 40.9 Å². The zero-order valence-corrected chi connectivity index (χ0v) is 37.6. The van der Waals surface area contributed by atoms with Gasteiger partial charge < -0.3 is 15.7 Å². The van der Waals surface area contributed by atoms with E-state index in [1.54, 1.807) is 48.5 Å². The first kappa shape index (κ1) is 47.6. The Morgan fingerprint density at radius 2 is 1.34 bits per heavy atom. The third-order valence-electron chi connectivity index (χ3n) is 8.53. The fourth-order valence-electron chi connectivity index (χ4n) is 5.14. The fraction of sp³-hybridized carbons (Fsp3) is 0.143. The molecule has 0 bridgehead atoms. The summed E-state index contributed by atoms with van der Waals surface area (Å²) >= 11 is 37.9. The number of anilines is 4. The molecule has 5 aromatic rings. The lowest BCUT2D eigenvalue weighted by Gasteiger charge is -2.13. The number of hydroxylamine groups is 1. The molecule has 5 aromatic carbocycles. The minimum atomic E-state index is -0.892. The highest BCUT2D eigenvalue weighted by molar-refractivity contribution is 6.38. The first-order chi connectivity index (χ1) is 29.5. The molecule has 0 aliphatic carbocycles. The molecule has 6 N–H and O–H groups in total. The van der Waals surface area contributed by atoms with Gasteiger partial charge in [-0.15, -0.1) is 10.2 Å². The lowest BCUT2D eigenvalue weighted by molar-refractivity contribution is -0.113. The number of carbonyl (C=O) groups is 3. The number of halogens is 6. The largest absolute Gasteiger partial charge is 0.510 e. The molecule has 0 aromatic heterocycles. The Kier molecular flexibility index (Phi) is 17.0. The third kappa shape index (κ3) is 13.3. The molecule has 0 radical (unpaired) electrons. The number of aliphatic hydroxyl groups is 1. The second-order valence-corrected chi connectivity index (χ2v) is 15.8. The molecule has 62 heavy (non-hydrogen) atoms. The number of hydrogen-bond donors (Lipinski definition) is 6.